The topological polar surface area (TPSA) is 97.4 Å². The van der Waals surface area contributed by atoms with Gasteiger partial charge in [-0.2, -0.15) is 0 Å². The second kappa shape index (κ2) is 7.05. The van der Waals surface area contributed by atoms with Crippen molar-refractivity contribution >= 4 is 21.8 Å². The number of anilines is 1. The Hall–Kier alpha value is -1.67. The van der Waals surface area contributed by atoms with E-state index >= 15 is 0 Å². The summed E-state index contributed by atoms with van der Waals surface area (Å²) >= 11 is 0. The molecule has 1 aromatic rings. The summed E-state index contributed by atoms with van der Waals surface area (Å²) in [7, 11) is -1.97. The van der Waals surface area contributed by atoms with Gasteiger partial charge < -0.3 is 10.1 Å². The number of ether oxygens (including phenoxy) is 1. The Labute approximate surface area is 112 Å². The van der Waals surface area contributed by atoms with Crippen molar-refractivity contribution in [2.24, 2.45) is 0 Å². The van der Waals surface area contributed by atoms with Crippen LogP contribution in [-0.4, -0.2) is 45.3 Å². The number of hydrogen-bond acceptors (Lipinski definition) is 6. The van der Waals surface area contributed by atoms with Crippen LogP contribution in [0.3, 0.4) is 0 Å². The van der Waals surface area contributed by atoms with Crippen molar-refractivity contribution in [3.63, 3.8) is 0 Å². The van der Waals surface area contributed by atoms with Gasteiger partial charge in [0.25, 0.3) is 0 Å². The molecular weight excluding hydrogens is 270 g/mol. The molecule has 0 radical (unpaired) electrons. The molecule has 1 aromatic heterocycles. The highest BCUT2D eigenvalue weighted by Crippen LogP contribution is 2.07. The normalized spacial score (nSPS) is 11.1. The van der Waals surface area contributed by atoms with Crippen molar-refractivity contribution < 1.29 is 17.9 Å². The SMILES string of the molecule is CCNS(=O)(=O)CCNc1cc(C(=O)OC)ccn1. The largest absolute Gasteiger partial charge is 0.465 e. The molecule has 0 atom stereocenters. The van der Waals surface area contributed by atoms with Gasteiger partial charge in [-0.1, -0.05) is 6.92 Å². The first-order valence-electron chi connectivity index (χ1n) is 5.74. The molecule has 0 aliphatic carbocycles. The fourth-order valence-electron chi connectivity index (χ4n) is 1.38. The molecule has 7 nitrogen and oxygen atoms in total. The molecule has 0 saturated carbocycles. The lowest BCUT2D eigenvalue weighted by molar-refractivity contribution is 0.0600. The van der Waals surface area contributed by atoms with Crippen molar-refractivity contribution in [2.45, 2.75) is 6.92 Å². The molecule has 1 heterocycles. The Bertz CT molecular complexity index is 530. The van der Waals surface area contributed by atoms with Gasteiger partial charge in [0.2, 0.25) is 10.0 Å². The first-order chi connectivity index (χ1) is 8.98. The number of hydrogen-bond donors (Lipinski definition) is 2. The average molecular weight is 287 g/mol. The summed E-state index contributed by atoms with van der Waals surface area (Å²) in [6, 6.07) is 3.03. The zero-order chi connectivity index (χ0) is 14.3. The first kappa shape index (κ1) is 15.4. The van der Waals surface area contributed by atoms with E-state index in [1.165, 1.54) is 25.4 Å². The zero-order valence-corrected chi connectivity index (χ0v) is 11.7. The zero-order valence-electron chi connectivity index (χ0n) is 10.8. The Kier molecular flexibility index (Phi) is 5.71. The molecule has 0 saturated heterocycles. The molecule has 8 heteroatoms. The highest BCUT2D eigenvalue weighted by atomic mass is 32.2. The van der Waals surface area contributed by atoms with Gasteiger partial charge in [0, 0.05) is 19.3 Å². The third-order valence-electron chi connectivity index (χ3n) is 2.22. The van der Waals surface area contributed by atoms with E-state index in [0.29, 0.717) is 17.9 Å². The quantitative estimate of drug-likeness (QED) is 0.696. The summed E-state index contributed by atoms with van der Waals surface area (Å²) in [6.45, 7) is 2.28. The Morgan fingerprint density at radius 3 is 2.84 bits per heavy atom. The van der Waals surface area contributed by atoms with E-state index in [-0.39, 0.29) is 12.3 Å². The Balaban J connectivity index is 2.57. The maximum atomic E-state index is 11.4. The fourth-order valence-corrected chi connectivity index (χ4v) is 2.33. The number of nitrogens with one attached hydrogen (secondary N) is 2. The van der Waals surface area contributed by atoms with Crippen molar-refractivity contribution in [2.75, 3.05) is 31.3 Å². The van der Waals surface area contributed by atoms with E-state index in [0.717, 1.165) is 0 Å². The van der Waals surface area contributed by atoms with Crippen LogP contribution >= 0.6 is 0 Å². The van der Waals surface area contributed by atoms with Gasteiger partial charge >= 0.3 is 5.97 Å². The summed E-state index contributed by atoms with van der Waals surface area (Å²) in [6.07, 6.45) is 1.45. The van der Waals surface area contributed by atoms with Crippen LogP contribution in [0, 0.1) is 0 Å². The van der Waals surface area contributed by atoms with Crippen molar-refractivity contribution in [1.29, 1.82) is 0 Å². The molecule has 0 fully saturated rings. The van der Waals surface area contributed by atoms with Crippen molar-refractivity contribution in [3.05, 3.63) is 23.9 Å². The number of carbonyl (C=O) groups excluding carboxylic acids is 1. The van der Waals surface area contributed by atoms with Gasteiger partial charge in [0.05, 0.1) is 18.4 Å². The number of nitrogens with zero attached hydrogens (tertiary/aromatic N) is 1. The van der Waals surface area contributed by atoms with Gasteiger partial charge in [0.1, 0.15) is 5.82 Å². The van der Waals surface area contributed by atoms with E-state index in [1.807, 2.05) is 0 Å². The van der Waals surface area contributed by atoms with E-state index < -0.39 is 16.0 Å². The van der Waals surface area contributed by atoms with Crippen LogP contribution in [-0.2, 0) is 14.8 Å². The van der Waals surface area contributed by atoms with Gasteiger partial charge in [-0.05, 0) is 12.1 Å². The first-order valence-corrected chi connectivity index (χ1v) is 7.39. The number of esters is 1. The molecule has 1 rings (SSSR count). The molecule has 0 aromatic carbocycles. The Morgan fingerprint density at radius 2 is 2.21 bits per heavy atom. The maximum absolute atomic E-state index is 11.4. The number of pyridine rings is 1. The van der Waals surface area contributed by atoms with E-state index in [2.05, 4.69) is 19.8 Å². The average Bonchev–Trinajstić information content (AvgIpc) is 2.38. The van der Waals surface area contributed by atoms with Crippen LogP contribution in [0.25, 0.3) is 0 Å². The van der Waals surface area contributed by atoms with Crippen LogP contribution in [0.5, 0.6) is 0 Å². The lowest BCUT2D eigenvalue weighted by atomic mass is 10.2. The number of aromatic nitrogens is 1. The third-order valence-corrected chi connectivity index (χ3v) is 3.69. The summed E-state index contributed by atoms with van der Waals surface area (Å²) in [4.78, 5) is 15.3. The maximum Gasteiger partial charge on any atom is 0.338 e. The molecule has 0 spiro atoms. The van der Waals surface area contributed by atoms with Crippen LogP contribution in [0.2, 0.25) is 0 Å². The molecule has 19 heavy (non-hydrogen) atoms. The van der Waals surface area contributed by atoms with Gasteiger partial charge in [0.15, 0.2) is 0 Å². The standard InChI is InChI=1S/C11H17N3O4S/c1-3-14-19(16,17)7-6-13-10-8-9(4-5-12-10)11(15)18-2/h4-5,8,14H,3,6-7H2,1-2H3,(H,12,13). The number of sulfonamides is 1. The van der Waals surface area contributed by atoms with Crippen LogP contribution in [0.15, 0.2) is 18.3 Å². The summed E-state index contributed by atoms with van der Waals surface area (Å²) in [5.74, 6) is -0.106. The summed E-state index contributed by atoms with van der Waals surface area (Å²) < 4.78 is 29.8. The monoisotopic (exact) mass is 287 g/mol. The summed E-state index contributed by atoms with van der Waals surface area (Å²) in [5, 5.41) is 2.84. The summed E-state index contributed by atoms with van der Waals surface area (Å²) in [5.41, 5.74) is 0.356. The van der Waals surface area contributed by atoms with Crippen molar-refractivity contribution in [1.82, 2.24) is 9.71 Å². The minimum absolute atomic E-state index is 0.0645. The van der Waals surface area contributed by atoms with Gasteiger partial charge in [-0.3, -0.25) is 0 Å². The molecule has 0 amide bonds. The lowest BCUT2D eigenvalue weighted by Gasteiger charge is -2.07. The second-order valence-electron chi connectivity index (χ2n) is 3.66. The molecule has 0 aliphatic heterocycles. The Morgan fingerprint density at radius 1 is 1.47 bits per heavy atom. The highest BCUT2D eigenvalue weighted by Gasteiger charge is 2.09. The number of carbonyl (C=O) groups is 1. The molecule has 106 valence electrons. The lowest BCUT2D eigenvalue weighted by Crippen LogP contribution is -2.29. The predicted octanol–water partition coefficient (Wildman–Crippen LogP) is 0.219. The third kappa shape index (κ3) is 5.23. The van der Waals surface area contributed by atoms with Crippen LogP contribution < -0.4 is 10.0 Å². The fraction of sp³-hybridized carbons (Fsp3) is 0.455. The smallest absolute Gasteiger partial charge is 0.338 e. The van der Waals surface area contributed by atoms with Gasteiger partial charge in [-0.15, -0.1) is 0 Å². The second-order valence-corrected chi connectivity index (χ2v) is 5.59. The predicted molar refractivity (Wildman–Crippen MR) is 71.5 cm³/mol. The molecule has 0 bridgehead atoms. The minimum atomic E-state index is -3.26. The molecular formula is C11H17N3O4S. The number of rotatable bonds is 7. The minimum Gasteiger partial charge on any atom is -0.465 e. The molecule has 0 unspecified atom stereocenters. The van der Waals surface area contributed by atoms with Crippen molar-refractivity contribution in [3.8, 4) is 0 Å². The molecule has 2 N–H and O–H groups in total. The number of methoxy groups -OCH3 is 1. The van der Waals surface area contributed by atoms with E-state index in [9.17, 15) is 13.2 Å². The molecule has 0 aliphatic rings. The van der Waals surface area contributed by atoms with E-state index in [4.69, 9.17) is 0 Å². The van der Waals surface area contributed by atoms with E-state index in [1.54, 1.807) is 6.92 Å². The highest BCUT2D eigenvalue weighted by molar-refractivity contribution is 7.89. The van der Waals surface area contributed by atoms with Gasteiger partial charge in [-0.25, -0.2) is 22.9 Å². The van der Waals surface area contributed by atoms with Crippen LogP contribution in [0.1, 0.15) is 17.3 Å². The van der Waals surface area contributed by atoms with Crippen LogP contribution in [0.4, 0.5) is 5.82 Å².